The van der Waals surface area contributed by atoms with Gasteiger partial charge in [-0.15, -0.1) is 0 Å². The van der Waals surface area contributed by atoms with Crippen molar-refractivity contribution >= 4 is 5.97 Å². The molecule has 1 aromatic heterocycles. The molecule has 1 aromatic carbocycles. The molecule has 1 aliphatic carbocycles. The van der Waals surface area contributed by atoms with Gasteiger partial charge in [0.15, 0.2) is 11.5 Å². The molecule has 1 heterocycles. The molecule has 1 aliphatic rings. The highest BCUT2D eigenvalue weighted by Crippen LogP contribution is 2.38. The molecule has 2 N–H and O–H groups in total. The van der Waals surface area contributed by atoms with Crippen molar-refractivity contribution < 1.29 is 24.5 Å². The Balaban J connectivity index is 1.92. The first-order valence-electron chi connectivity index (χ1n) is 9.19. The summed E-state index contributed by atoms with van der Waals surface area (Å²) in [5.74, 6) is 0.998. The number of carboxylic acids is 1. The summed E-state index contributed by atoms with van der Waals surface area (Å²) in [6, 6.07) is 3.42. The van der Waals surface area contributed by atoms with Crippen molar-refractivity contribution in [2.24, 2.45) is 11.8 Å². The Hall–Kier alpha value is -2.54. The van der Waals surface area contributed by atoms with Crippen molar-refractivity contribution in [1.29, 1.82) is 0 Å². The summed E-state index contributed by atoms with van der Waals surface area (Å²) >= 11 is 0. The molecule has 2 aromatic rings. The topological polar surface area (TPSA) is 93.8 Å². The third-order valence-electron chi connectivity index (χ3n) is 5.40. The van der Waals surface area contributed by atoms with Crippen LogP contribution in [0.15, 0.2) is 24.5 Å². The van der Waals surface area contributed by atoms with Gasteiger partial charge in [0.1, 0.15) is 11.4 Å². The third-order valence-corrected chi connectivity index (χ3v) is 5.40. The van der Waals surface area contributed by atoms with Crippen molar-refractivity contribution in [1.82, 2.24) is 9.55 Å². The van der Waals surface area contributed by atoms with E-state index in [4.69, 9.17) is 9.47 Å². The predicted molar refractivity (Wildman–Crippen MR) is 100 cm³/mol. The summed E-state index contributed by atoms with van der Waals surface area (Å²) in [6.07, 6.45) is 7.75. The molecule has 0 aliphatic heterocycles. The molecular formula is C20H26N2O5. The second kappa shape index (κ2) is 8.43. The van der Waals surface area contributed by atoms with Crippen LogP contribution in [0.5, 0.6) is 11.5 Å². The molecule has 0 bridgehead atoms. The van der Waals surface area contributed by atoms with Crippen LogP contribution in [0.2, 0.25) is 0 Å². The molecule has 27 heavy (non-hydrogen) atoms. The molecule has 0 atom stereocenters. The number of hydrogen-bond acceptors (Lipinski definition) is 5. The Bertz CT molecular complexity index is 794. The first-order chi connectivity index (χ1) is 13.1. The number of aliphatic hydroxyl groups excluding tert-OH is 1. The summed E-state index contributed by atoms with van der Waals surface area (Å²) < 4.78 is 12.6. The molecule has 3 rings (SSSR count). The lowest BCUT2D eigenvalue weighted by molar-refractivity contribution is 0.0693. The maximum absolute atomic E-state index is 11.9. The van der Waals surface area contributed by atoms with Gasteiger partial charge in [-0.05, 0) is 49.7 Å². The summed E-state index contributed by atoms with van der Waals surface area (Å²) in [7, 11) is 2.91. The van der Waals surface area contributed by atoms with Gasteiger partial charge in [-0.25, -0.2) is 9.78 Å². The van der Waals surface area contributed by atoms with Gasteiger partial charge in [0.25, 0.3) is 0 Å². The van der Waals surface area contributed by atoms with Gasteiger partial charge in [-0.2, -0.15) is 0 Å². The fourth-order valence-corrected chi connectivity index (χ4v) is 3.90. The second-order valence-electron chi connectivity index (χ2n) is 7.00. The molecule has 1 fully saturated rings. The number of hydrogen-bond donors (Lipinski definition) is 2. The summed E-state index contributed by atoms with van der Waals surface area (Å²) in [5.41, 5.74) is 0.558. The van der Waals surface area contributed by atoms with E-state index in [0.29, 0.717) is 29.0 Å². The number of methoxy groups -OCH3 is 2. The lowest BCUT2D eigenvalue weighted by atomic mass is 9.82. The maximum atomic E-state index is 11.9. The van der Waals surface area contributed by atoms with E-state index in [1.807, 2.05) is 10.8 Å². The first-order valence-corrected chi connectivity index (χ1v) is 9.19. The average Bonchev–Trinajstić information content (AvgIpc) is 3.15. The van der Waals surface area contributed by atoms with E-state index in [9.17, 15) is 15.0 Å². The minimum atomic E-state index is -1.08. The van der Waals surface area contributed by atoms with E-state index < -0.39 is 5.97 Å². The van der Waals surface area contributed by atoms with E-state index in [1.54, 1.807) is 18.3 Å². The van der Waals surface area contributed by atoms with Crippen LogP contribution >= 0.6 is 0 Å². The second-order valence-corrected chi connectivity index (χ2v) is 7.00. The van der Waals surface area contributed by atoms with Crippen molar-refractivity contribution in [2.45, 2.75) is 32.2 Å². The zero-order valence-corrected chi connectivity index (χ0v) is 15.7. The molecule has 0 radical (unpaired) electrons. The summed E-state index contributed by atoms with van der Waals surface area (Å²) in [6.45, 7) is 1.04. The van der Waals surface area contributed by atoms with Crippen molar-refractivity contribution in [3.05, 3.63) is 30.1 Å². The molecule has 146 valence electrons. The highest BCUT2D eigenvalue weighted by molar-refractivity contribution is 5.99. The third kappa shape index (κ3) is 3.93. The number of carbonyl (C=O) groups is 1. The number of rotatable bonds is 7. The molecule has 0 spiro atoms. The van der Waals surface area contributed by atoms with Gasteiger partial charge < -0.3 is 24.3 Å². The number of carboxylic acid groups (broad SMARTS) is 1. The molecule has 7 nitrogen and oxygen atoms in total. The van der Waals surface area contributed by atoms with Gasteiger partial charge in [0, 0.05) is 31.1 Å². The van der Waals surface area contributed by atoms with Crippen LogP contribution < -0.4 is 9.47 Å². The van der Waals surface area contributed by atoms with Crippen molar-refractivity contribution in [3.63, 3.8) is 0 Å². The van der Waals surface area contributed by atoms with Gasteiger partial charge in [-0.1, -0.05) is 0 Å². The fraction of sp³-hybridized carbons (Fsp3) is 0.500. The van der Waals surface area contributed by atoms with Gasteiger partial charge in [0.05, 0.1) is 14.2 Å². The van der Waals surface area contributed by atoms with Crippen molar-refractivity contribution in [3.8, 4) is 22.9 Å². The number of aromatic carboxylic acids is 1. The molecule has 0 saturated heterocycles. The standard InChI is InChI=1S/C20H26N2O5/c1-26-16-8-7-15(17(20(24)25)18(16)27-2)19-21-9-10-22(19)11-13-3-5-14(12-23)6-4-13/h7-10,13-14,23H,3-6,11-12H2,1-2H3,(H,24,25). The number of imidazole rings is 1. The van der Waals surface area contributed by atoms with Crippen LogP contribution in [0.3, 0.4) is 0 Å². The Morgan fingerprint density at radius 1 is 1.19 bits per heavy atom. The summed E-state index contributed by atoms with van der Waals surface area (Å²) in [5, 5.41) is 19.1. The lowest BCUT2D eigenvalue weighted by Gasteiger charge is -2.28. The van der Waals surface area contributed by atoms with E-state index >= 15 is 0 Å². The van der Waals surface area contributed by atoms with E-state index in [1.165, 1.54) is 14.2 Å². The smallest absolute Gasteiger partial charge is 0.340 e. The molecule has 0 amide bonds. The largest absolute Gasteiger partial charge is 0.493 e. The SMILES string of the molecule is COc1ccc(-c2nccn2CC2CCC(CO)CC2)c(C(=O)O)c1OC. The highest BCUT2D eigenvalue weighted by Gasteiger charge is 2.26. The number of nitrogens with zero attached hydrogens (tertiary/aromatic N) is 2. The van der Waals surface area contributed by atoms with E-state index in [2.05, 4.69) is 4.98 Å². The first kappa shape index (κ1) is 19.2. The minimum absolute atomic E-state index is 0.0493. The Morgan fingerprint density at radius 3 is 2.48 bits per heavy atom. The Morgan fingerprint density at radius 2 is 1.89 bits per heavy atom. The Labute approximate surface area is 158 Å². The van der Waals surface area contributed by atoms with Crippen LogP contribution in [0, 0.1) is 11.8 Å². The van der Waals surface area contributed by atoms with Gasteiger partial charge >= 0.3 is 5.97 Å². The normalized spacial score (nSPS) is 19.7. The number of aromatic nitrogens is 2. The molecular weight excluding hydrogens is 348 g/mol. The number of benzene rings is 1. The lowest BCUT2D eigenvalue weighted by Crippen LogP contribution is -2.21. The molecule has 1 saturated carbocycles. The van der Waals surface area contributed by atoms with E-state index in [-0.39, 0.29) is 17.9 Å². The maximum Gasteiger partial charge on any atom is 0.340 e. The zero-order chi connectivity index (χ0) is 19.4. The molecule has 7 heteroatoms. The fourth-order valence-electron chi connectivity index (χ4n) is 3.90. The summed E-state index contributed by atoms with van der Waals surface area (Å²) in [4.78, 5) is 16.4. The monoisotopic (exact) mass is 374 g/mol. The van der Waals surface area contributed by atoms with Crippen LogP contribution in [0.1, 0.15) is 36.0 Å². The Kier molecular flexibility index (Phi) is 6.01. The van der Waals surface area contributed by atoms with Crippen LogP contribution in [0.25, 0.3) is 11.4 Å². The van der Waals surface area contributed by atoms with Gasteiger partial charge in [0.2, 0.25) is 0 Å². The van der Waals surface area contributed by atoms with Crippen LogP contribution in [-0.4, -0.2) is 46.6 Å². The predicted octanol–water partition coefficient (Wildman–Crippen LogP) is 3.06. The van der Waals surface area contributed by atoms with Crippen LogP contribution in [0.4, 0.5) is 0 Å². The van der Waals surface area contributed by atoms with Crippen molar-refractivity contribution in [2.75, 3.05) is 20.8 Å². The minimum Gasteiger partial charge on any atom is -0.493 e. The highest BCUT2D eigenvalue weighted by atomic mass is 16.5. The number of aliphatic hydroxyl groups is 1. The molecule has 0 unspecified atom stereocenters. The average molecular weight is 374 g/mol. The number of ether oxygens (including phenoxy) is 2. The van der Waals surface area contributed by atoms with E-state index in [0.717, 1.165) is 32.2 Å². The van der Waals surface area contributed by atoms with Gasteiger partial charge in [-0.3, -0.25) is 0 Å². The van der Waals surface area contributed by atoms with Crippen LogP contribution in [-0.2, 0) is 6.54 Å². The zero-order valence-electron chi connectivity index (χ0n) is 15.7. The quantitative estimate of drug-likeness (QED) is 0.774.